The summed E-state index contributed by atoms with van der Waals surface area (Å²) in [5, 5.41) is 1.93. The first-order valence-electron chi connectivity index (χ1n) is 8.14. The Morgan fingerprint density at radius 2 is 1.76 bits per heavy atom. The van der Waals surface area contributed by atoms with Crippen LogP contribution in [0, 0.1) is 0 Å². The summed E-state index contributed by atoms with van der Waals surface area (Å²) in [7, 11) is 0. The second kappa shape index (κ2) is 7.95. The average Bonchev–Trinajstić information content (AvgIpc) is 2.66. The highest BCUT2D eigenvalue weighted by Crippen LogP contribution is 2.31. The number of nitrogens with zero attached hydrogens (tertiary/aromatic N) is 1. The highest BCUT2D eigenvalue weighted by molar-refractivity contribution is 6.19. The van der Waals surface area contributed by atoms with E-state index in [2.05, 4.69) is 4.98 Å². The van der Waals surface area contributed by atoms with Gasteiger partial charge in [-0.2, -0.15) is 0 Å². The Morgan fingerprint density at radius 3 is 2.44 bits per heavy atom. The first kappa shape index (κ1) is 17.2. The van der Waals surface area contributed by atoms with Crippen LogP contribution in [-0.2, 0) is 4.74 Å². The van der Waals surface area contributed by atoms with Gasteiger partial charge in [0.25, 0.3) is 0 Å². The lowest BCUT2D eigenvalue weighted by Gasteiger charge is -2.13. The van der Waals surface area contributed by atoms with E-state index < -0.39 is 5.97 Å². The van der Waals surface area contributed by atoms with Crippen LogP contribution < -0.4 is 0 Å². The third-order valence-corrected chi connectivity index (χ3v) is 4.02. The van der Waals surface area contributed by atoms with Gasteiger partial charge in [0.2, 0.25) is 0 Å². The van der Waals surface area contributed by atoms with Gasteiger partial charge in [-0.3, -0.25) is 0 Å². The van der Waals surface area contributed by atoms with Crippen LogP contribution in [0.1, 0.15) is 23.0 Å². The Bertz CT molecular complexity index is 920. The number of carbonyl (C=O) groups is 1. The molecule has 0 atom stereocenters. The summed E-state index contributed by atoms with van der Waals surface area (Å²) < 4.78 is 5.22. The van der Waals surface area contributed by atoms with Gasteiger partial charge in [0.15, 0.2) is 5.69 Å². The maximum Gasteiger partial charge on any atom is 0.357 e. The zero-order valence-electron chi connectivity index (χ0n) is 13.9. The maximum atomic E-state index is 12.5. The molecule has 0 bridgehead atoms. The van der Waals surface area contributed by atoms with Gasteiger partial charge in [-0.15, -0.1) is 11.6 Å². The largest absolute Gasteiger partial charge is 0.461 e. The lowest BCUT2D eigenvalue weighted by molar-refractivity contribution is 0.0519. The van der Waals surface area contributed by atoms with Gasteiger partial charge in [0.05, 0.1) is 12.3 Å². The second-order valence-corrected chi connectivity index (χ2v) is 5.72. The molecule has 0 unspecified atom stereocenters. The van der Waals surface area contributed by atoms with Crippen LogP contribution in [0.2, 0.25) is 0 Å². The van der Waals surface area contributed by atoms with Crippen molar-refractivity contribution in [1.29, 1.82) is 0 Å². The van der Waals surface area contributed by atoms with Crippen molar-refractivity contribution >= 4 is 34.4 Å². The molecule has 1 aromatic heterocycles. The van der Waals surface area contributed by atoms with Gasteiger partial charge >= 0.3 is 5.97 Å². The molecule has 0 aliphatic heterocycles. The normalized spacial score (nSPS) is 11.1. The zero-order valence-corrected chi connectivity index (χ0v) is 14.7. The molecule has 0 fully saturated rings. The number of fused-ring (bicyclic) bond motifs is 1. The van der Waals surface area contributed by atoms with Crippen molar-refractivity contribution in [3.63, 3.8) is 0 Å². The molecule has 4 heteroatoms. The minimum atomic E-state index is -0.431. The van der Waals surface area contributed by atoms with Crippen LogP contribution in [-0.4, -0.2) is 23.4 Å². The third-order valence-electron chi connectivity index (χ3n) is 3.84. The lowest BCUT2D eigenvalue weighted by Crippen LogP contribution is -2.10. The molecule has 0 saturated heterocycles. The van der Waals surface area contributed by atoms with Crippen LogP contribution in [0.3, 0.4) is 0 Å². The van der Waals surface area contributed by atoms with Crippen LogP contribution in [0.5, 0.6) is 0 Å². The molecule has 25 heavy (non-hydrogen) atoms. The molecule has 1 heterocycles. The van der Waals surface area contributed by atoms with E-state index in [1.165, 1.54) is 0 Å². The van der Waals surface area contributed by atoms with Crippen LogP contribution >= 0.6 is 11.6 Å². The predicted molar refractivity (Wildman–Crippen MR) is 103 cm³/mol. The average molecular weight is 352 g/mol. The molecule has 0 N–H and O–H groups in total. The molecule has 0 radical (unpaired) electrons. The highest BCUT2D eigenvalue weighted by atomic mass is 35.5. The van der Waals surface area contributed by atoms with Crippen molar-refractivity contribution in [2.75, 3.05) is 12.5 Å². The topological polar surface area (TPSA) is 39.2 Å². The Morgan fingerprint density at radius 1 is 1.08 bits per heavy atom. The molecule has 0 spiro atoms. The van der Waals surface area contributed by atoms with Crippen LogP contribution in [0.15, 0.2) is 60.7 Å². The van der Waals surface area contributed by atoms with Gasteiger partial charge in [0, 0.05) is 22.4 Å². The number of halogens is 1. The molecule has 0 amide bonds. The van der Waals surface area contributed by atoms with Crippen LogP contribution in [0.25, 0.3) is 28.1 Å². The van der Waals surface area contributed by atoms with Gasteiger partial charge < -0.3 is 4.74 Å². The van der Waals surface area contributed by atoms with E-state index in [1.54, 1.807) is 13.0 Å². The number of pyridine rings is 1. The van der Waals surface area contributed by atoms with Crippen LogP contribution in [0.4, 0.5) is 0 Å². The summed E-state index contributed by atoms with van der Waals surface area (Å²) in [6.07, 6.45) is 3.64. The molecule has 0 saturated carbocycles. The zero-order chi connectivity index (χ0) is 17.6. The summed E-state index contributed by atoms with van der Waals surface area (Å²) in [6, 6.07) is 17.7. The first-order chi connectivity index (χ1) is 12.3. The van der Waals surface area contributed by atoms with E-state index in [1.807, 2.05) is 60.7 Å². The third kappa shape index (κ3) is 3.57. The fourth-order valence-corrected chi connectivity index (χ4v) is 2.88. The van der Waals surface area contributed by atoms with E-state index in [4.69, 9.17) is 16.3 Å². The number of hydrogen-bond donors (Lipinski definition) is 0. The Kier molecular flexibility index (Phi) is 5.46. The molecular formula is C21H18ClNO2. The Labute approximate surface area is 151 Å². The minimum absolute atomic E-state index is 0.298. The standard InChI is InChI=1S/C21H18ClNO2/c1-2-25-21(24)20-18(13-8-14-22)16-11-6-7-12-17(16)19(23-20)15-9-4-3-5-10-15/h3-13H,2,14H2,1H3/b13-8-. The van der Waals surface area contributed by atoms with E-state index in [0.717, 1.165) is 27.6 Å². The molecule has 2 aromatic carbocycles. The number of ether oxygens (including phenoxy) is 1. The molecule has 0 aliphatic carbocycles. The number of esters is 1. The lowest BCUT2D eigenvalue weighted by atomic mass is 9.98. The smallest absolute Gasteiger partial charge is 0.357 e. The highest BCUT2D eigenvalue weighted by Gasteiger charge is 2.19. The Hall–Kier alpha value is -2.65. The number of benzene rings is 2. The molecule has 0 aliphatic rings. The molecule has 126 valence electrons. The van der Waals surface area contributed by atoms with Gasteiger partial charge in [-0.1, -0.05) is 66.7 Å². The number of aromatic nitrogens is 1. The summed E-state index contributed by atoms with van der Waals surface area (Å²) in [4.78, 5) is 17.2. The Balaban J connectivity index is 2.34. The summed E-state index contributed by atoms with van der Waals surface area (Å²) >= 11 is 5.80. The summed E-state index contributed by atoms with van der Waals surface area (Å²) in [5.74, 6) is -0.0727. The number of alkyl halides is 1. The summed E-state index contributed by atoms with van der Waals surface area (Å²) in [5.41, 5.74) is 2.76. The van der Waals surface area contributed by atoms with Gasteiger partial charge in [-0.05, 0) is 12.3 Å². The molecule has 3 aromatic rings. The van der Waals surface area contributed by atoms with Crippen molar-refractivity contribution in [3.05, 3.63) is 71.9 Å². The van der Waals surface area contributed by atoms with Crippen molar-refractivity contribution < 1.29 is 9.53 Å². The fourth-order valence-electron chi connectivity index (χ4n) is 2.79. The predicted octanol–water partition coefficient (Wildman–Crippen LogP) is 5.33. The number of allylic oxidation sites excluding steroid dienone is 1. The van der Waals surface area contributed by atoms with E-state index in [0.29, 0.717) is 18.2 Å². The SMILES string of the molecule is CCOC(=O)c1nc(-c2ccccc2)c2ccccc2c1/C=C\CCl. The van der Waals surface area contributed by atoms with Crippen molar-refractivity contribution in [2.24, 2.45) is 0 Å². The fraction of sp³-hybridized carbons (Fsp3) is 0.143. The number of hydrogen-bond acceptors (Lipinski definition) is 3. The second-order valence-electron chi connectivity index (χ2n) is 5.41. The van der Waals surface area contributed by atoms with E-state index in [9.17, 15) is 4.79 Å². The molecule has 3 nitrogen and oxygen atoms in total. The quantitative estimate of drug-likeness (QED) is 0.460. The molecule has 3 rings (SSSR count). The van der Waals surface area contributed by atoms with Gasteiger partial charge in [0.1, 0.15) is 0 Å². The minimum Gasteiger partial charge on any atom is -0.461 e. The van der Waals surface area contributed by atoms with E-state index >= 15 is 0 Å². The van der Waals surface area contributed by atoms with Crippen molar-refractivity contribution in [1.82, 2.24) is 4.98 Å². The van der Waals surface area contributed by atoms with Crippen molar-refractivity contribution in [3.8, 4) is 11.3 Å². The monoisotopic (exact) mass is 351 g/mol. The number of carbonyl (C=O) groups excluding carboxylic acids is 1. The number of rotatable bonds is 5. The maximum absolute atomic E-state index is 12.5. The van der Waals surface area contributed by atoms with E-state index in [-0.39, 0.29) is 0 Å². The molecular weight excluding hydrogens is 334 g/mol. The van der Waals surface area contributed by atoms with Gasteiger partial charge in [-0.25, -0.2) is 9.78 Å². The summed E-state index contributed by atoms with van der Waals surface area (Å²) in [6.45, 7) is 2.08. The first-order valence-corrected chi connectivity index (χ1v) is 8.67. The van der Waals surface area contributed by atoms with Crippen molar-refractivity contribution in [2.45, 2.75) is 6.92 Å².